The summed E-state index contributed by atoms with van der Waals surface area (Å²) >= 11 is 5.99. The van der Waals surface area contributed by atoms with Crippen LogP contribution in [0.1, 0.15) is 40.0 Å². The normalized spacial score (nSPS) is 11.8. The minimum Gasteiger partial charge on any atom is -0.345 e. The van der Waals surface area contributed by atoms with E-state index in [2.05, 4.69) is 5.32 Å². The van der Waals surface area contributed by atoms with Crippen LogP contribution in [0.4, 0.5) is 5.69 Å². The summed E-state index contributed by atoms with van der Waals surface area (Å²) in [6.07, 6.45) is 0. The van der Waals surface area contributed by atoms with Gasteiger partial charge in [0.15, 0.2) is 0 Å². The Morgan fingerprint density at radius 1 is 1.22 bits per heavy atom. The number of aryl methyl sites for hydroxylation is 2. The number of amides is 1. The number of nitrogens with one attached hydrogen (secondary N) is 1. The highest BCUT2D eigenvalue weighted by molar-refractivity contribution is 6.34. The highest BCUT2D eigenvalue weighted by atomic mass is 35.5. The molecule has 1 N–H and O–H groups in total. The predicted octanol–water partition coefficient (Wildman–Crippen LogP) is 4.36. The van der Waals surface area contributed by atoms with Gasteiger partial charge >= 0.3 is 0 Å². The fraction of sp³-hybridized carbons (Fsp3) is 0.235. The second kappa shape index (κ2) is 6.79. The summed E-state index contributed by atoms with van der Waals surface area (Å²) < 4.78 is 0. The first-order valence-electron chi connectivity index (χ1n) is 7.11. The minimum absolute atomic E-state index is 0.0601. The van der Waals surface area contributed by atoms with Gasteiger partial charge in [0, 0.05) is 12.1 Å². The number of benzene rings is 2. The van der Waals surface area contributed by atoms with Crippen LogP contribution in [-0.4, -0.2) is 10.8 Å². The van der Waals surface area contributed by atoms with Crippen molar-refractivity contribution in [2.45, 2.75) is 26.8 Å². The molecule has 6 heteroatoms. The maximum atomic E-state index is 12.4. The predicted molar refractivity (Wildman–Crippen MR) is 89.9 cm³/mol. The number of hydrogen-bond donors (Lipinski definition) is 1. The van der Waals surface area contributed by atoms with Gasteiger partial charge in [0.25, 0.3) is 11.6 Å². The van der Waals surface area contributed by atoms with Crippen LogP contribution in [0.25, 0.3) is 0 Å². The Morgan fingerprint density at radius 3 is 2.52 bits per heavy atom. The van der Waals surface area contributed by atoms with E-state index in [1.807, 2.05) is 39.0 Å². The Hall–Kier alpha value is -2.40. The highest BCUT2D eigenvalue weighted by Crippen LogP contribution is 2.24. The van der Waals surface area contributed by atoms with Gasteiger partial charge in [-0.1, -0.05) is 35.4 Å². The summed E-state index contributed by atoms with van der Waals surface area (Å²) in [5, 5.41) is 13.6. The van der Waals surface area contributed by atoms with E-state index in [1.54, 1.807) is 0 Å². The van der Waals surface area contributed by atoms with Crippen LogP contribution < -0.4 is 5.32 Å². The van der Waals surface area contributed by atoms with Crippen molar-refractivity contribution in [1.82, 2.24) is 5.32 Å². The summed E-state index contributed by atoms with van der Waals surface area (Å²) in [7, 11) is 0. The van der Waals surface area contributed by atoms with E-state index in [0.29, 0.717) is 0 Å². The maximum Gasteiger partial charge on any atom is 0.270 e. The number of nitro groups is 1. The number of rotatable bonds is 4. The second-order valence-corrected chi connectivity index (χ2v) is 5.88. The lowest BCUT2D eigenvalue weighted by Gasteiger charge is -2.17. The molecule has 1 atom stereocenters. The number of carbonyl (C=O) groups excluding carboxylic acids is 1. The van der Waals surface area contributed by atoms with Crippen LogP contribution in [0.5, 0.6) is 0 Å². The fourth-order valence-electron chi connectivity index (χ4n) is 2.38. The third kappa shape index (κ3) is 3.87. The lowest BCUT2D eigenvalue weighted by Crippen LogP contribution is -2.27. The number of hydrogen-bond acceptors (Lipinski definition) is 3. The smallest absolute Gasteiger partial charge is 0.270 e. The van der Waals surface area contributed by atoms with Crippen molar-refractivity contribution in [3.63, 3.8) is 0 Å². The van der Waals surface area contributed by atoms with Gasteiger partial charge in [-0.15, -0.1) is 0 Å². The SMILES string of the molecule is Cc1ccc(C)c(C(C)NC(=O)c2ccc([N+](=O)[O-])cc2Cl)c1. The first-order chi connectivity index (χ1) is 10.8. The second-order valence-electron chi connectivity index (χ2n) is 5.48. The molecule has 120 valence electrons. The number of nitrogens with zero attached hydrogens (tertiary/aromatic N) is 1. The Morgan fingerprint density at radius 2 is 1.91 bits per heavy atom. The van der Waals surface area contributed by atoms with Gasteiger partial charge in [0.05, 0.1) is 21.6 Å². The monoisotopic (exact) mass is 332 g/mol. The lowest BCUT2D eigenvalue weighted by molar-refractivity contribution is -0.384. The molecule has 1 amide bonds. The van der Waals surface area contributed by atoms with E-state index < -0.39 is 4.92 Å². The molecule has 0 fully saturated rings. The first kappa shape index (κ1) is 17.0. The zero-order valence-electron chi connectivity index (χ0n) is 13.1. The Balaban J connectivity index is 2.21. The number of nitro benzene ring substituents is 1. The van der Waals surface area contributed by atoms with Gasteiger partial charge in [0.2, 0.25) is 0 Å². The Bertz CT molecular complexity index is 774. The zero-order chi connectivity index (χ0) is 17.1. The molecule has 5 nitrogen and oxygen atoms in total. The average Bonchev–Trinajstić information content (AvgIpc) is 2.49. The molecule has 0 saturated carbocycles. The summed E-state index contributed by atoms with van der Waals surface area (Å²) in [5.41, 5.74) is 3.29. The third-order valence-corrected chi connectivity index (χ3v) is 3.97. The van der Waals surface area contributed by atoms with Crippen LogP contribution >= 0.6 is 11.6 Å². The van der Waals surface area contributed by atoms with E-state index in [0.717, 1.165) is 16.7 Å². The average molecular weight is 333 g/mol. The molecule has 23 heavy (non-hydrogen) atoms. The number of non-ortho nitro benzene ring substituents is 1. The van der Waals surface area contributed by atoms with E-state index in [4.69, 9.17) is 11.6 Å². The minimum atomic E-state index is -0.549. The summed E-state index contributed by atoms with van der Waals surface area (Å²) in [5.74, 6) is -0.363. The highest BCUT2D eigenvalue weighted by Gasteiger charge is 2.18. The van der Waals surface area contributed by atoms with Crippen LogP contribution in [0.3, 0.4) is 0 Å². The van der Waals surface area contributed by atoms with Crippen molar-refractivity contribution in [3.05, 3.63) is 73.8 Å². The molecule has 0 saturated heterocycles. The Labute approximate surface area is 139 Å². The molecule has 2 aromatic rings. The summed E-state index contributed by atoms with van der Waals surface area (Å²) in [6, 6.07) is 9.66. The molecule has 1 unspecified atom stereocenters. The molecule has 0 heterocycles. The molecular weight excluding hydrogens is 316 g/mol. The van der Waals surface area contributed by atoms with E-state index in [9.17, 15) is 14.9 Å². The summed E-state index contributed by atoms with van der Waals surface area (Å²) in [6.45, 7) is 5.86. The lowest BCUT2D eigenvalue weighted by atomic mass is 9.99. The van der Waals surface area contributed by atoms with Crippen LogP contribution in [0.15, 0.2) is 36.4 Å². The van der Waals surface area contributed by atoms with Gasteiger partial charge in [-0.3, -0.25) is 14.9 Å². The van der Waals surface area contributed by atoms with Crippen LogP contribution in [-0.2, 0) is 0 Å². The zero-order valence-corrected chi connectivity index (χ0v) is 13.8. The molecule has 2 rings (SSSR count). The summed E-state index contributed by atoms with van der Waals surface area (Å²) in [4.78, 5) is 22.5. The quantitative estimate of drug-likeness (QED) is 0.668. The van der Waals surface area contributed by atoms with E-state index >= 15 is 0 Å². The molecule has 0 bridgehead atoms. The van der Waals surface area contributed by atoms with Gasteiger partial charge < -0.3 is 5.32 Å². The largest absolute Gasteiger partial charge is 0.345 e. The maximum absolute atomic E-state index is 12.4. The van der Waals surface area contributed by atoms with Crippen LogP contribution in [0, 0.1) is 24.0 Å². The van der Waals surface area contributed by atoms with E-state index in [1.165, 1.54) is 18.2 Å². The van der Waals surface area contributed by atoms with Gasteiger partial charge in [0.1, 0.15) is 0 Å². The standard InChI is InChI=1S/C17H17ClN2O3/c1-10-4-5-11(2)15(8-10)12(3)19-17(21)14-7-6-13(20(22)23)9-16(14)18/h4-9,12H,1-3H3,(H,19,21). The molecule has 0 aromatic heterocycles. The number of carbonyl (C=O) groups is 1. The van der Waals surface area contributed by atoms with Crippen molar-refractivity contribution >= 4 is 23.2 Å². The van der Waals surface area contributed by atoms with Gasteiger partial charge in [-0.25, -0.2) is 0 Å². The van der Waals surface area contributed by atoms with E-state index in [-0.39, 0.29) is 28.2 Å². The molecule has 0 aliphatic carbocycles. The molecule has 2 aromatic carbocycles. The fourth-order valence-corrected chi connectivity index (χ4v) is 2.64. The first-order valence-corrected chi connectivity index (χ1v) is 7.49. The van der Waals surface area contributed by atoms with Crippen molar-refractivity contribution in [2.75, 3.05) is 0 Å². The molecular formula is C17H17ClN2O3. The topological polar surface area (TPSA) is 72.2 Å². The van der Waals surface area contributed by atoms with Crippen molar-refractivity contribution in [3.8, 4) is 0 Å². The third-order valence-electron chi connectivity index (χ3n) is 3.66. The Kier molecular flexibility index (Phi) is 5.01. The number of halogens is 1. The molecule has 0 aliphatic rings. The van der Waals surface area contributed by atoms with Crippen molar-refractivity contribution < 1.29 is 9.72 Å². The van der Waals surface area contributed by atoms with Gasteiger partial charge in [-0.2, -0.15) is 0 Å². The van der Waals surface area contributed by atoms with Crippen LogP contribution in [0.2, 0.25) is 5.02 Å². The van der Waals surface area contributed by atoms with Crippen molar-refractivity contribution in [1.29, 1.82) is 0 Å². The molecule has 0 spiro atoms. The van der Waals surface area contributed by atoms with Crippen molar-refractivity contribution in [2.24, 2.45) is 0 Å². The molecule has 0 radical (unpaired) electrons. The molecule has 0 aliphatic heterocycles. The van der Waals surface area contributed by atoms with Gasteiger partial charge in [-0.05, 0) is 38.0 Å².